The third kappa shape index (κ3) is 2.90. The molecule has 0 saturated heterocycles. The molecule has 26 heavy (non-hydrogen) atoms. The molecule has 6 heteroatoms. The number of carbonyl (C=O) groups is 1. The lowest BCUT2D eigenvalue weighted by atomic mass is 10.0. The molecule has 0 aliphatic heterocycles. The summed E-state index contributed by atoms with van der Waals surface area (Å²) >= 11 is 0. The quantitative estimate of drug-likeness (QED) is 0.783. The number of ether oxygens (including phenoxy) is 2. The van der Waals surface area contributed by atoms with Crippen molar-refractivity contribution in [2.75, 3.05) is 19.5 Å². The number of rotatable bonds is 4. The number of benzene rings is 2. The summed E-state index contributed by atoms with van der Waals surface area (Å²) < 4.78 is 12.4. The Kier molecular flexibility index (Phi) is 4.67. The van der Waals surface area contributed by atoms with Crippen LogP contribution in [0.3, 0.4) is 0 Å². The Morgan fingerprint density at radius 1 is 1.04 bits per heavy atom. The van der Waals surface area contributed by atoms with E-state index < -0.39 is 0 Å². The van der Waals surface area contributed by atoms with E-state index in [1.807, 2.05) is 29.8 Å². The Labute approximate surface area is 151 Å². The van der Waals surface area contributed by atoms with Crippen LogP contribution in [0.15, 0.2) is 47.3 Å². The van der Waals surface area contributed by atoms with Gasteiger partial charge in [0.05, 0.1) is 25.3 Å². The maximum atomic E-state index is 13.2. The molecule has 1 heterocycles. The average Bonchev–Trinajstić information content (AvgIpc) is 2.65. The van der Waals surface area contributed by atoms with Crippen LogP contribution in [0.1, 0.15) is 6.92 Å². The van der Waals surface area contributed by atoms with Gasteiger partial charge in [0.25, 0.3) is 0 Å². The third-order valence-electron chi connectivity index (χ3n) is 4.28. The van der Waals surface area contributed by atoms with E-state index in [0.717, 1.165) is 5.52 Å². The van der Waals surface area contributed by atoms with Gasteiger partial charge >= 0.3 is 0 Å². The smallest absolute Gasteiger partial charge is 0.222 e. The molecule has 0 atom stereocenters. The zero-order chi connectivity index (χ0) is 18.8. The van der Waals surface area contributed by atoms with E-state index in [2.05, 4.69) is 5.32 Å². The number of fused-ring (bicyclic) bond motifs is 1. The Hall–Kier alpha value is -3.28. The first-order valence-electron chi connectivity index (χ1n) is 8.09. The molecule has 1 N–H and O–H groups in total. The van der Waals surface area contributed by atoms with Crippen molar-refractivity contribution in [1.82, 2.24) is 4.57 Å². The van der Waals surface area contributed by atoms with Gasteiger partial charge < -0.3 is 19.4 Å². The van der Waals surface area contributed by atoms with Gasteiger partial charge in [0.15, 0.2) is 16.9 Å². The molecule has 0 fully saturated rings. The summed E-state index contributed by atoms with van der Waals surface area (Å²) in [4.78, 5) is 24.9. The number of aryl methyl sites for hydroxylation is 1. The summed E-state index contributed by atoms with van der Waals surface area (Å²) in [6.07, 6.45) is 0. The Balaban J connectivity index is 2.39. The molecule has 0 aliphatic rings. The van der Waals surface area contributed by atoms with E-state index in [1.54, 1.807) is 31.4 Å². The zero-order valence-corrected chi connectivity index (χ0v) is 15.1. The van der Waals surface area contributed by atoms with Crippen LogP contribution in [0.2, 0.25) is 0 Å². The second-order valence-corrected chi connectivity index (χ2v) is 5.88. The summed E-state index contributed by atoms with van der Waals surface area (Å²) in [5.74, 6) is 1.26. The van der Waals surface area contributed by atoms with Crippen molar-refractivity contribution in [3.63, 3.8) is 0 Å². The molecule has 0 radical (unpaired) electrons. The number of para-hydroxylation sites is 1. The molecular formula is C20H20N2O4. The SMILES string of the molecule is COc1ccc(-c2c(NC(C)=O)n(C)c3ccccc3c2=O)cc1OC. The van der Waals surface area contributed by atoms with Crippen molar-refractivity contribution < 1.29 is 14.3 Å². The monoisotopic (exact) mass is 352 g/mol. The molecule has 0 saturated carbocycles. The number of pyridine rings is 1. The summed E-state index contributed by atoms with van der Waals surface area (Å²) in [5.41, 5.74) is 1.63. The highest BCUT2D eigenvalue weighted by atomic mass is 16.5. The highest BCUT2D eigenvalue weighted by Gasteiger charge is 2.19. The fourth-order valence-corrected chi connectivity index (χ4v) is 3.06. The number of nitrogens with zero attached hydrogens (tertiary/aromatic N) is 1. The van der Waals surface area contributed by atoms with E-state index in [-0.39, 0.29) is 11.3 Å². The van der Waals surface area contributed by atoms with Crippen LogP contribution in [0, 0.1) is 0 Å². The molecule has 134 valence electrons. The number of aromatic nitrogens is 1. The molecule has 1 aromatic heterocycles. The first kappa shape index (κ1) is 17.5. The lowest BCUT2D eigenvalue weighted by Crippen LogP contribution is -2.19. The molecule has 1 amide bonds. The van der Waals surface area contributed by atoms with Crippen LogP contribution in [-0.2, 0) is 11.8 Å². The van der Waals surface area contributed by atoms with Crippen molar-refractivity contribution in [3.05, 3.63) is 52.7 Å². The highest BCUT2D eigenvalue weighted by molar-refractivity contribution is 5.97. The summed E-state index contributed by atoms with van der Waals surface area (Å²) in [6.45, 7) is 1.41. The number of carbonyl (C=O) groups excluding carboxylic acids is 1. The molecular weight excluding hydrogens is 332 g/mol. The Morgan fingerprint density at radius 3 is 2.38 bits per heavy atom. The topological polar surface area (TPSA) is 69.6 Å². The number of methoxy groups -OCH3 is 2. The second-order valence-electron chi connectivity index (χ2n) is 5.88. The lowest BCUT2D eigenvalue weighted by molar-refractivity contribution is -0.114. The maximum Gasteiger partial charge on any atom is 0.222 e. The lowest BCUT2D eigenvalue weighted by Gasteiger charge is -2.18. The number of hydrogen-bond donors (Lipinski definition) is 1. The predicted octanol–water partition coefficient (Wildman–Crippen LogP) is 3.18. The van der Waals surface area contributed by atoms with Crippen molar-refractivity contribution in [3.8, 4) is 22.6 Å². The summed E-state index contributed by atoms with van der Waals surface area (Å²) in [7, 11) is 4.90. The van der Waals surface area contributed by atoms with Gasteiger partial charge in [0.2, 0.25) is 5.91 Å². The van der Waals surface area contributed by atoms with Crippen LogP contribution in [0.25, 0.3) is 22.0 Å². The molecule has 3 aromatic rings. The van der Waals surface area contributed by atoms with Crippen molar-refractivity contribution in [1.29, 1.82) is 0 Å². The minimum atomic E-state index is -0.253. The van der Waals surface area contributed by atoms with Gasteiger partial charge in [-0.3, -0.25) is 9.59 Å². The van der Waals surface area contributed by atoms with Crippen molar-refractivity contribution >= 4 is 22.6 Å². The van der Waals surface area contributed by atoms with Crippen LogP contribution in [-0.4, -0.2) is 24.7 Å². The third-order valence-corrected chi connectivity index (χ3v) is 4.28. The van der Waals surface area contributed by atoms with Gasteiger partial charge in [-0.05, 0) is 29.8 Å². The number of hydrogen-bond acceptors (Lipinski definition) is 4. The fourth-order valence-electron chi connectivity index (χ4n) is 3.06. The average molecular weight is 352 g/mol. The van der Waals surface area contributed by atoms with Crippen LogP contribution < -0.4 is 20.2 Å². The van der Waals surface area contributed by atoms with E-state index in [1.165, 1.54) is 14.0 Å². The number of amides is 1. The highest BCUT2D eigenvalue weighted by Crippen LogP contribution is 2.35. The maximum absolute atomic E-state index is 13.2. The van der Waals surface area contributed by atoms with Gasteiger partial charge in [-0.15, -0.1) is 0 Å². The first-order valence-corrected chi connectivity index (χ1v) is 8.09. The summed E-state index contributed by atoms with van der Waals surface area (Å²) in [6, 6.07) is 12.5. The van der Waals surface area contributed by atoms with Crippen LogP contribution in [0.4, 0.5) is 5.82 Å². The van der Waals surface area contributed by atoms with Gasteiger partial charge in [0.1, 0.15) is 5.82 Å². The Bertz CT molecular complexity index is 1050. The normalized spacial score (nSPS) is 10.6. The first-order chi connectivity index (χ1) is 12.5. The predicted molar refractivity (Wildman–Crippen MR) is 102 cm³/mol. The van der Waals surface area contributed by atoms with E-state index >= 15 is 0 Å². The van der Waals surface area contributed by atoms with Gasteiger partial charge in [0, 0.05) is 19.4 Å². The minimum absolute atomic E-state index is 0.158. The summed E-state index contributed by atoms with van der Waals surface area (Å²) in [5, 5.41) is 3.37. The van der Waals surface area contributed by atoms with E-state index in [9.17, 15) is 9.59 Å². The van der Waals surface area contributed by atoms with Gasteiger partial charge in [-0.1, -0.05) is 18.2 Å². The van der Waals surface area contributed by atoms with Crippen molar-refractivity contribution in [2.24, 2.45) is 7.05 Å². The zero-order valence-electron chi connectivity index (χ0n) is 15.1. The van der Waals surface area contributed by atoms with Crippen molar-refractivity contribution in [2.45, 2.75) is 6.92 Å². The van der Waals surface area contributed by atoms with Gasteiger partial charge in [-0.2, -0.15) is 0 Å². The second kappa shape index (κ2) is 6.92. The largest absolute Gasteiger partial charge is 0.493 e. The standard InChI is InChI=1S/C20H20N2O4/c1-12(23)21-20-18(13-9-10-16(25-3)17(11-13)26-4)19(24)14-7-5-6-8-15(14)22(20)2/h5-11H,1-4H3,(H,21,23). The molecule has 2 aromatic carbocycles. The fraction of sp³-hybridized carbons (Fsp3) is 0.200. The van der Waals surface area contributed by atoms with Crippen LogP contribution in [0.5, 0.6) is 11.5 Å². The number of nitrogens with one attached hydrogen (secondary N) is 1. The number of anilines is 1. The minimum Gasteiger partial charge on any atom is -0.493 e. The van der Waals surface area contributed by atoms with E-state index in [0.29, 0.717) is 33.8 Å². The molecule has 0 aliphatic carbocycles. The van der Waals surface area contributed by atoms with Gasteiger partial charge in [-0.25, -0.2) is 0 Å². The molecule has 0 bridgehead atoms. The Morgan fingerprint density at radius 2 is 1.73 bits per heavy atom. The van der Waals surface area contributed by atoms with Crippen LogP contribution >= 0.6 is 0 Å². The molecule has 0 unspecified atom stereocenters. The molecule has 0 spiro atoms. The molecule has 3 rings (SSSR count). The molecule has 6 nitrogen and oxygen atoms in total. The van der Waals surface area contributed by atoms with E-state index in [4.69, 9.17) is 9.47 Å².